The smallest absolute Gasteiger partial charge is 0.252 e. The zero-order valence-electron chi connectivity index (χ0n) is 33.6. The number of allylic oxidation sites excluding steroid dienone is 4. The first-order chi connectivity index (χ1) is 25.0. The van der Waals surface area contributed by atoms with Crippen LogP contribution in [0.4, 0.5) is 22.7 Å². The summed E-state index contributed by atoms with van der Waals surface area (Å²) in [5.41, 5.74) is 19.3. The second-order valence-electron chi connectivity index (χ2n) is 18.5. The fourth-order valence-electron chi connectivity index (χ4n) is 8.50. The Morgan fingerprint density at radius 3 is 1.92 bits per heavy atom. The minimum atomic E-state index is -0.0122. The standard InChI is InChI=1S/C50H53BN2/c1-13-36(24-20-32(3)48(4,5)6)52-41-30-35(50(10,11)12)23-27-40(41)51-45-38-18-14-16-33-17-15-19-39(44(33)38)47(45)53(43-29-31(2)28-42(52)46(43)51)37-25-21-34(22-26-37)49(7,8)9/h13-30H,1H2,2-12H3/b32-20+,36-24+. The molecule has 0 bridgehead atoms. The summed E-state index contributed by atoms with van der Waals surface area (Å²) >= 11 is 0. The van der Waals surface area contributed by atoms with E-state index in [1.807, 2.05) is 6.08 Å². The summed E-state index contributed by atoms with van der Waals surface area (Å²) in [6, 6.07) is 35.1. The van der Waals surface area contributed by atoms with E-state index in [-0.39, 0.29) is 23.0 Å². The highest BCUT2D eigenvalue weighted by Gasteiger charge is 2.48. The lowest BCUT2D eigenvalue weighted by atomic mass is 9.32. The molecule has 0 spiro atoms. The van der Waals surface area contributed by atoms with Gasteiger partial charge in [-0.2, -0.15) is 0 Å². The van der Waals surface area contributed by atoms with Crippen molar-refractivity contribution in [3.8, 4) is 0 Å². The Hall–Kier alpha value is -5.02. The molecule has 0 saturated carbocycles. The maximum Gasteiger partial charge on any atom is 0.252 e. The number of hydrogen-bond acceptors (Lipinski definition) is 2. The molecule has 0 saturated heterocycles. The molecule has 3 aliphatic rings. The summed E-state index contributed by atoms with van der Waals surface area (Å²) in [6.07, 6.45) is 6.60. The molecule has 53 heavy (non-hydrogen) atoms. The second-order valence-corrected chi connectivity index (χ2v) is 18.5. The van der Waals surface area contributed by atoms with Gasteiger partial charge in [0.25, 0.3) is 6.71 Å². The molecule has 1 aliphatic carbocycles. The van der Waals surface area contributed by atoms with Gasteiger partial charge in [0.15, 0.2) is 0 Å². The van der Waals surface area contributed by atoms with E-state index in [0.717, 1.165) is 5.70 Å². The van der Waals surface area contributed by atoms with E-state index in [1.54, 1.807) is 0 Å². The van der Waals surface area contributed by atoms with Crippen LogP contribution in [0.3, 0.4) is 0 Å². The molecule has 3 heteroatoms. The van der Waals surface area contributed by atoms with Crippen LogP contribution in [0.15, 0.2) is 127 Å². The third kappa shape index (κ3) is 5.54. The van der Waals surface area contributed by atoms with Crippen molar-refractivity contribution in [3.63, 3.8) is 0 Å². The molecule has 5 aromatic rings. The summed E-state index contributed by atoms with van der Waals surface area (Å²) in [5.74, 6) is 0. The van der Waals surface area contributed by atoms with Gasteiger partial charge in [-0.3, -0.25) is 0 Å². The van der Waals surface area contributed by atoms with Crippen LogP contribution in [0, 0.1) is 12.3 Å². The summed E-state index contributed by atoms with van der Waals surface area (Å²) in [6.45, 7) is 29.6. The molecule has 2 heterocycles. The third-order valence-corrected chi connectivity index (χ3v) is 11.9. The van der Waals surface area contributed by atoms with Crippen molar-refractivity contribution in [2.45, 2.75) is 87.0 Å². The first kappa shape index (κ1) is 35.0. The normalized spacial score (nSPS) is 15.6. The van der Waals surface area contributed by atoms with E-state index in [1.165, 1.54) is 89.0 Å². The van der Waals surface area contributed by atoms with E-state index in [0.29, 0.717) is 0 Å². The van der Waals surface area contributed by atoms with Gasteiger partial charge in [0.2, 0.25) is 0 Å². The van der Waals surface area contributed by atoms with Crippen LogP contribution in [-0.4, -0.2) is 6.71 Å². The van der Waals surface area contributed by atoms with Crippen molar-refractivity contribution < 1.29 is 0 Å². The van der Waals surface area contributed by atoms with Crippen molar-refractivity contribution in [2.75, 3.05) is 9.80 Å². The lowest BCUT2D eigenvalue weighted by molar-refractivity contribution is 0.504. The van der Waals surface area contributed by atoms with Crippen molar-refractivity contribution in [1.82, 2.24) is 0 Å². The topological polar surface area (TPSA) is 6.48 Å². The van der Waals surface area contributed by atoms with Gasteiger partial charge in [-0.15, -0.1) is 0 Å². The lowest BCUT2D eigenvalue weighted by Crippen LogP contribution is -2.55. The minimum absolute atomic E-state index is 0.0122. The number of fused-ring (bicyclic) bond motifs is 5. The van der Waals surface area contributed by atoms with Gasteiger partial charge < -0.3 is 9.80 Å². The molecule has 266 valence electrons. The van der Waals surface area contributed by atoms with Crippen LogP contribution in [0.2, 0.25) is 0 Å². The molecular weight excluding hydrogens is 639 g/mol. The highest BCUT2D eigenvalue weighted by atomic mass is 15.2. The van der Waals surface area contributed by atoms with Crippen molar-refractivity contribution >= 4 is 62.3 Å². The molecule has 0 aromatic heterocycles. The van der Waals surface area contributed by atoms with Crippen LogP contribution in [-0.2, 0) is 10.8 Å². The average molecular weight is 693 g/mol. The summed E-state index contributed by atoms with van der Waals surface area (Å²) in [7, 11) is 0. The molecule has 0 atom stereocenters. The number of anilines is 4. The molecule has 0 unspecified atom stereocenters. The zero-order chi connectivity index (χ0) is 37.8. The Labute approximate surface area is 318 Å². The number of rotatable bonds is 4. The van der Waals surface area contributed by atoms with Crippen molar-refractivity contribution in [3.05, 3.63) is 155 Å². The van der Waals surface area contributed by atoms with Gasteiger partial charge in [0.05, 0.1) is 0 Å². The maximum absolute atomic E-state index is 4.43. The average Bonchev–Trinajstić information content (AvgIpc) is 3.43. The predicted octanol–water partition coefficient (Wildman–Crippen LogP) is 12.4. The molecule has 2 aliphatic heterocycles. The molecule has 0 radical (unpaired) electrons. The van der Waals surface area contributed by atoms with E-state index in [2.05, 4.69) is 196 Å². The first-order valence-electron chi connectivity index (χ1n) is 19.3. The number of aryl methyl sites for hydroxylation is 1. The fraction of sp³-hybridized carbons (Fsp3) is 0.280. The fourth-order valence-corrected chi connectivity index (χ4v) is 8.50. The van der Waals surface area contributed by atoms with Crippen LogP contribution < -0.4 is 20.7 Å². The van der Waals surface area contributed by atoms with Crippen LogP contribution >= 0.6 is 0 Å². The van der Waals surface area contributed by atoms with E-state index < -0.39 is 0 Å². The first-order valence-corrected chi connectivity index (χ1v) is 19.3. The van der Waals surface area contributed by atoms with Gasteiger partial charge >= 0.3 is 0 Å². The second kappa shape index (κ2) is 12.0. The molecule has 5 aromatic carbocycles. The minimum Gasteiger partial charge on any atom is -0.311 e. The molecule has 0 fully saturated rings. The van der Waals surface area contributed by atoms with Crippen molar-refractivity contribution in [1.29, 1.82) is 0 Å². The third-order valence-electron chi connectivity index (χ3n) is 11.9. The maximum atomic E-state index is 4.43. The SMILES string of the molecule is C=C/C(=C\C=C(/C)C(C)(C)C)N1c2cc(C(C)(C)C)ccc2B2C3=C(c4cccc5cccc3c45)N(c3ccc(C(C)(C)C)cc3)c3cc(C)cc1c32. The quantitative estimate of drug-likeness (QED) is 0.137. The van der Waals surface area contributed by atoms with E-state index >= 15 is 0 Å². The summed E-state index contributed by atoms with van der Waals surface area (Å²) < 4.78 is 0. The van der Waals surface area contributed by atoms with Gasteiger partial charge in [-0.05, 0) is 122 Å². The Bertz CT molecular complexity index is 2430. The molecule has 0 N–H and O–H groups in total. The summed E-state index contributed by atoms with van der Waals surface area (Å²) in [4.78, 5) is 5.08. The molecule has 2 nitrogen and oxygen atoms in total. The number of nitrogens with zero attached hydrogens (tertiary/aromatic N) is 2. The molecular formula is C50H53BN2. The van der Waals surface area contributed by atoms with Crippen molar-refractivity contribution in [2.24, 2.45) is 5.41 Å². The number of hydrogen-bond donors (Lipinski definition) is 0. The molecule has 0 amide bonds. The van der Waals surface area contributed by atoms with E-state index in [4.69, 9.17) is 0 Å². The van der Waals surface area contributed by atoms with Gasteiger partial charge in [-0.1, -0.05) is 141 Å². The van der Waals surface area contributed by atoms with Gasteiger partial charge in [-0.25, -0.2) is 0 Å². The summed E-state index contributed by atoms with van der Waals surface area (Å²) in [5, 5.41) is 2.64. The van der Waals surface area contributed by atoms with E-state index in [9.17, 15) is 0 Å². The Morgan fingerprint density at radius 1 is 0.679 bits per heavy atom. The van der Waals surface area contributed by atoms with Crippen LogP contribution in [0.25, 0.3) is 21.9 Å². The highest BCUT2D eigenvalue weighted by Crippen LogP contribution is 2.54. The zero-order valence-corrected chi connectivity index (χ0v) is 33.6. The van der Waals surface area contributed by atoms with Crippen LogP contribution in [0.1, 0.15) is 97.1 Å². The van der Waals surface area contributed by atoms with Gasteiger partial charge in [0, 0.05) is 39.7 Å². The monoisotopic (exact) mass is 692 g/mol. The largest absolute Gasteiger partial charge is 0.311 e. The Morgan fingerprint density at radius 2 is 1.30 bits per heavy atom. The molecule has 8 rings (SSSR count). The Balaban J connectivity index is 1.49. The van der Waals surface area contributed by atoms with Crippen LogP contribution in [0.5, 0.6) is 0 Å². The number of benzene rings is 5. The Kier molecular flexibility index (Phi) is 7.93. The van der Waals surface area contributed by atoms with Gasteiger partial charge in [0.1, 0.15) is 0 Å². The lowest BCUT2D eigenvalue weighted by Gasteiger charge is -2.45. The predicted molar refractivity (Wildman–Crippen MR) is 233 cm³/mol. The highest BCUT2D eigenvalue weighted by molar-refractivity contribution is 7.05.